The first-order chi connectivity index (χ1) is 8.86. The Labute approximate surface area is 110 Å². The van der Waals surface area contributed by atoms with Crippen molar-refractivity contribution in [3.8, 4) is 5.75 Å². The second kappa shape index (κ2) is 9.92. The Morgan fingerprint density at radius 3 is 2.83 bits per heavy atom. The molecule has 0 unspecified atom stereocenters. The predicted molar refractivity (Wildman–Crippen MR) is 75.0 cm³/mol. The zero-order chi connectivity index (χ0) is 13.1. The minimum Gasteiger partial charge on any atom is -0.494 e. The standard InChI is InChI=1S/C15H25NO2/c1-3-4-5-10-18-15-8-6-7-14(12-15)13-16-9-11-17-2/h6-8,12,16H,3-5,9-11,13H2,1-2H3. The second-order valence-electron chi connectivity index (χ2n) is 4.37. The highest BCUT2D eigenvalue weighted by Gasteiger charge is 1.97. The third-order valence-corrected chi connectivity index (χ3v) is 2.73. The molecule has 0 aliphatic heterocycles. The normalized spacial score (nSPS) is 10.6. The van der Waals surface area contributed by atoms with Gasteiger partial charge in [-0.05, 0) is 24.1 Å². The fourth-order valence-corrected chi connectivity index (χ4v) is 1.69. The molecule has 18 heavy (non-hydrogen) atoms. The lowest BCUT2D eigenvalue weighted by Gasteiger charge is -2.08. The van der Waals surface area contributed by atoms with E-state index in [9.17, 15) is 0 Å². The number of hydrogen-bond acceptors (Lipinski definition) is 3. The Hall–Kier alpha value is -1.06. The summed E-state index contributed by atoms with van der Waals surface area (Å²) in [5.74, 6) is 0.970. The SMILES string of the molecule is CCCCCOc1cccc(CNCCOC)c1. The number of hydrogen-bond donors (Lipinski definition) is 1. The Morgan fingerprint density at radius 1 is 1.17 bits per heavy atom. The predicted octanol–water partition coefficient (Wildman–Crippen LogP) is 2.99. The Kier molecular flexibility index (Phi) is 8.26. The van der Waals surface area contributed by atoms with E-state index in [0.717, 1.165) is 38.5 Å². The molecule has 1 rings (SSSR count). The van der Waals surface area contributed by atoms with E-state index >= 15 is 0 Å². The highest BCUT2D eigenvalue weighted by Crippen LogP contribution is 2.13. The minimum absolute atomic E-state index is 0.743. The van der Waals surface area contributed by atoms with E-state index in [1.54, 1.807) is 7.11 Å². The molecule has 1 aromatic rings. The summed E-state index contributed by atoms with van der Waals surface area (Å²) in [7, 11) is 1.71. The molecule has 102 valence electrons. The van der Waals surface area contributed by atoms with Crippen LogP contribution >= 0.6 is 0 Å². The Morgan fingerprint density at radius 2 is 2.06 bits per heavy atom. The van der Waals surface area contributed by atoms with Gasteiger partial charge in [0, 0.05) is 20.2 Å². The average Bonchev–Trinajstić information content (AvgIpc) is 2.40. The smallest absolute Gasteiger partial charge is 0.119 e. The first-order valence-corrected chi connectivity index (χ1v) is 6.78. The molecule has 1 aromatic carbocycles. The van der Waals surface area contributed by atoms with Gasteiger partial charge in [0.2, 0.25) is 0 Å². The molecule has 3 heteroatoms. The van der Waals surface area contributed by atoms with Gasteiger partial charge in [-0.15, -0.1) is 0 Å². The lowest BCUT2D eigenvalue weighted by atomic mass is 10.2. The Bertz CT molecular complexity index is 288. The highest BCUT2D eigenvalue weighted by molar-refractivity contribution is 5.28. The van der Waals surface area contributed by atoms with Gasteiger partial charge in [0.1, 0.15) is 5.75 Å². The molecule has 0 fully saturated rings. The average molecular weight is 251 g/mol. The molecule has 0 aliphatic rings. The summed E-state index contributed by atoms with van der Waals surface area (Å²) in [6, 6.07) is 8.28. The number of ether oxygens (including phenoxy) is 2. The van der Waals surface area contributed by atoms with Gasteiger partial charge in [0.15, 0.2) is 0 Å². The van der Waals surface area contributed by atoms with Crippen molar-refractivity contribution in [2.24, 2.45) is 0 Å². The summed E-state index contributed by atoms with van der Waals surface area (Å²) in [5, 5.41) is 3.33. The van der Waals surface area contributed by atoms with E-state index in [1.807, 2.05) is 12.1 Å². The van der Waals surface area contributed by atoms with Crippen molar-refractivity contribution in [3.63, 3.8) is 0 Å². The van der Waals surface area contributed by atoms with Gasteiger partial charge in [-0.3, -0.25) is 0 Å². The molecular weight excluding hydrogens is 226 g/mol. The van der Waals surface area contributed by atoms with Crippen LogP contribution in [-0.4, -0.2) is 26.9 Å². The molecule has 0 amide bonds. The maximum atomic E-state index is 5.72. The van der Waals surface area contributed by atoms with E-state index in [1.165, 1.54) is 18.4 Å². The maximum absolute atomic E-state index is 5.72. The van der Waals surface area contributed by atoms with Crippen molar-refractivity contribution in [3.05, 3.63) is 29.8 Å². The van der Waals surface area contributed by atoms with Crippen LogP contribution in [0.25, 0.3) is 0 Å². The summed E-state index contributed by atoms with van der Waals surface area (Å²) in [6.07, 6.45) is 3.60. The van der Waals surface area contributed by atoms with Crippen molar-refractivity contribution in [1.29, 1.82) is 0 Å². The Balaban J connectivity index is 2.27. The highest BCUT2D eigenvalue weighted by atomic mass is 16.5. The zero-order valence-electron chi connectivity index (χ0n) is 11.6. The molecule has 0 saturated heterocycles. The van der Waals surface area contributed by atoms with Crippen LogP contribution in [0.4, 0.5) is 0 Å². The summed E-state index contributed by atoms with van der Waals surface area (Å²) < 4.78 is 10.7. The topological polar surface area (TPSA) is 30.5 Å². The molecule has 0 saturated carbocycles. The van der Waals surface area contributed by atoms with E-state index in [2.05, 4.69) is 24.4 Å². The van der Waals surface area contributed by atoms with Crippen molar-refractivity contribution in [2.45, 2.75) is 32.7 Å². The van der Waals surface area contributed by atoms with Crippen molar-refractivity contribution >= 4 is 0 Å². The van der Waals surface area contributed by atoms with Crippen LogP contribution in [0.15, 0.2) is 24.3 Å². The quantitative estimate of drug-likeness (QED) is 0.648. The van der Waals surface area contributed by atoms with Crippen molar-refractivity contribution in [1.82, 2.24) is 5.32 Å². The summed E-state index contributed by atoms with van der Waals surface area (Å²) in [5.41, 5.74) is 1.25. The van der Waals surface area contributed by atoms with E-state index < -0.39 is 0 Å². The summed E-state index contributed by atoms with van der Waals surface area (Å²) >= 11 is 0. The van der Waals surface area contributed by atoms with Crippen molar-refractivity contribution < 1.29 is 9.47 Å². The van der Waals surface area contributed by atoms with Crippen LogP contribution in [-0.2, 0) is 11.3 Å². The van der Waals surface area contributed by atoms with Crippen molar-refractivity contribution in [2.75, 3.05) is 26.9 Å². The molecular formula is C15H25NO2. The maximum Gasteiger partial charge on any atom is 0.119 e. The zero-order valence-corrected chi connectivity index (χ0v) is 11.6. The number of unbranched alkanes of at least 4 members (excludes halogenated alkanes) is 2. The van der Waals surface area contributed by atoms with Crippen LogP contribution < -0.4 is 10.1 Å². The number of benzene rings is 1. The molecule has 0 radical (unpaired) electrons. The minimum atomic E-state index is 0.743. The van der Waals surface area contributed by atoms with E-state index in [-0.39, 0.29) is 0 Å². The first kappa shape index (κ1) is 15.0. The van der Waals surface area contributed by atoms with Crippen LogP contribution in [0.1, 0.15) is 31.7 Å². The van der Waals surface area contributed by atoms with Crippen LogP contribution in [0, 0.1) is 0 Å². The molecule has 0 heterocycles. The van der Waals surface area contributed by atoms with Crippen LogP contribution in [0.5, 0.6) is 5.75 Å². The van der Waals surface area contributed by atoms with Crippen LogP contribution in [0.2, 0.25) is 0 Å². The summed E-state index contributed by atoms with van der Waals surface area (Å²) in [4.78, 5) is 0. The molecule has 0 bridgehead atoms. The lowest BCUT2D eigenvalue weighted by molar-refractivity contribution is 0.199. The third-order valence-electron chi connectivity index (χ3n) is 2.73. The number of rotatable bonds is 10. The fourth-order valence-electron chi connectivity index (χ4n) is 1.69. The van der Waals surface area contributed by atoms with Gasteiger partial charge < -0.3 is 14.8 Å². The number of nitrogens with one attached hydrogen (secondary N) is 1. The molecule has 0 spiro atoms. The molecule has 0 atom stereocenters. The van der Waals surface area contributed by atoms with Gasteiger partial charge >= 0.3 is 0 Å². The summed E-state index contributed by atoms with van der Waals surface area (Å²) in [6.45, 7) is 5.49. The van der Waals surface area contributed by atoms with Gasteiger partial charge in [-0.1, -0.05) is 31.9 Å². The van der Waals surface area contributed by atoms with Gasteiger partial charge in [-0.2, -0.15) is 0 Å². The molecule has 3 nitrogen and oxygen atoms in total. The fraction of sp³-hybridized carbons (Fsp3) is 0.600. The van der Waals surface area contributed by atoms with E-state index in [0.29, 0.717) is 0 Å². The van der Waals surface area contributed by atoms with Gasteiger partial charge in [0.25, 0.3) is 0 Å². The second-order valence-corrected chi connectivity index (χ2v) is 4.37. The lowest BCUT2D eigenvalue weighted by Crippen LogP contribution is -2.18. The largest absolute Gasteiger partial charge is 0.494 e. The molecule has 1 N–H and O–H groups in total. The molecule has 0 aromatic heterocycles. The van der Waals surface area contributed by atoms with E-state index in [4.69, 9.17) is 9.47 Å². The monoisotopic (exact) mass is 251 g/mol. The van der Waals surface area contributed by atoms with Crippen LogP contribution in [0.3, 0.4) is 0 Å². The third kappa shape index (κ3) is 6.62. The van der Waals surface area contributed by atoms with Gasteiger partial charge in [-0.25, -0.2) is 0 Å². The first-order valence-electron chi connectivity index (χ1n) is 6.78. The number of methoxy groups -OCH3 is 1. The van der Waals surface area contributed by atoms with Gasteiger partial charge in [0.05, 0.1) is 13.2 Å². The molecule has 0 aliphatic carbocycles.